The number of aliphatic hydroxyl groups is 4. The lowest BCUT2D eigenvalue weighted by Crippen LogP contribution is -2.45. The van der Waals surface area contributed by atoms with Gasteiger partial charge in [-0.05, 0) is 6.42 Å². The van der Waals surface area contributed by atoms with E-state index in [0.29, 0.717) is 0 Å². The molecule has 0 spiro atoms. The highest BCUT2D eigenvalue weighted by Crippen LogP contribution is 2.08. The van der Waals surface area contributed by atoms with Crippen molar-refractivity contribution < 1.29 is 35.1 Å². The summed E-state index contributed by atoms with van der Waals surface area (Å²) in [4.78, 5) is 10.1. The highest BCUT2D eigenvalue weighted by molar-refractivity contribution is 5.66. The molecule has 96 valence electrons. The second kappa shape index (κ2) is 7.53. The number of aliphatic carboxylic acids is 1. The quantitative estimate of drug-likeness (QED) is 0.318. The Kier molecular flexibility index (Phi) is 7.18. The van der Waals surface area contributed by atoms with Gasteiger partial charge < -0.3 is 30.3 Å². The van der Waals surface area contributed by atoms with Gasteiger partial charge in [0.25, 0.3) is 0 Å². The molecule has 0 aromatic carbocycles. The monoisotopic (exact) mass is 238 g/mol. The average molecular weight is 238 g/mol. The van der Waals surface area contributed by atoms with E-state index in [9.17, 15) is 25.2 Å². The Hall–Kier alpha value is -0.730. The van der Waals surface area contributed by atoms with Gasteiger partial charge in [-0.1, -0.05) is 6.92 Å². The van der Waals surface area contributed by atoms with Crippen LogP contribution in [0.2, 0.25) is 0 Å². The smallest absolute Gasteiger partial charge is 0.305 e. The van der Waals surface area contributed by atoms with Crippen molar-refractivity contribution in [2.45, 2.75) is 44.4 Å². The Bertz CT molecular complexity index is 208. The zero-order valence-corrected chi connectivity index (χ0v) is 8.98. The van der Waals surface area contributed by atoms with Crippen molar-refractivity contribution in [1.29, 1.82) is 0 Å². The first kappa shape index (κ1) is 15.3. The van der Waals surface area contributed by atoms with Gasteiger partial charge in [-0.15, -0.1) is 0 Å². The van der Waals surface area contributed by atoms with Gasteiger partial charge >= 0.3 is 5.97 Å². The molecular weight excluding hydrogens is 220 g/mol. The fourth-order valence-electron chi connectivity index (χ4n) is 1.00. The Morgan fingerprint density at radius 2 is 1.75 bits per heavy atom. The molecule has 0 aliphatic carbocycles. The molecule has 0 fully saturated rings. The summed E-state index contributed by atoms with van der Waals surface area (Å²) >= 11 is 0. The van der Waals surface area contributed by atoms with Crippen molar-refractivity contribution in [2.75, 3.05) is 6.61 Å². The van der Waals surface area contributed by atoms with Crippen molar-refractivity contribution in [3.63, 3.8) is 0 Å². The Balaban J connectivity index is 3.97. The second-order valence-corrected chi connectivity index (χ2v) is 3.36. The molecule has 0 rings (SSSR count). The third-order valence-corrected chi connectivity index (χ3v) is 2.06. The van der Waals surface area contributed by atoms with Crippen LogP contribution in [0.3, 0.4) is 0 Å². The highest BCUT2D eigenvalue weighted by Gasteiger charge is 2.29. The number of hydrogen-bond donors (Lipinski definition) is 5. The fourth-order valence-corrected chi connectivity index (χ4v) is 1.00. The molecule has 0 amide bonds. The van der Waals surface area contributed by atoms with Crippen LogP contribution in [0.15, 0.2) is 0 Å². The molecule has 0 saturated carbocycles. The van der Waals surface area contributed by atoms with Crippen LogP contribution in [0.4, 0.5) is 0 Å². The molecule has 0 aliphatic rings. The lowest BCUT2D eigenvalue weighted by molar-refractivity contribution is -0.203. The Morgan fingerprint density at radius 3 is 2.19 bits per heavy atom. The minimum atomic E-state index is -1.73. The average Bonchev–Trinajstić information content (AvgIpc) is 2.25. The predicted octanol–water partition coefficient (Wildman–Crippen LogP) is -1.71. The zero-order valence-electron chi connectivity index (χ0n) is 8.98. The van der Waals surface area contributed by atoms with E-state index >= 15 is 0 Å². The SMILES string of the molecule is CC[C@H](O)C(O)[C@H](O)[C@@H](O)OCCC(=O)O. The van der Waals surface area contributed by atoms with Crippen LogP contribution in [0, 0.1) is 0 Å². The van der Waals surface area contributed by atoms with Crippen molar-refractivity contribution >= 4 is 5.97 Å². The summed E-state index contributed by atoms with van der Waals surface area (Å²) in [6.45, 7) is 1.31. The van der Waals surface area contributed by atoms with Crippen LogP contribution in [-0.2, 0) is 9.53 Å². The van der Waals surface area contributed by atoms with Gasteiger partial charge in [-0.2, -0.15) is 0 Å². The molecular formula is C9H18O7. The summed E-state index contributed by atoms with van der Waals surface area (Å²) < 4.78 is 4.58. The standard InChI is InChI=1S/C9H18O7/c1-2-5(10)7(13)8(14)9(15)16-4-3-6(11)12/h5,7-10,13-15H,2-4H2,1H3,(H,11,12)/t5-,7?,8-,9-/m0/s1. The van der Waals surface area contributed by atoms with E-state index in [4.69, 9.17) is 5.11 Å². The van der Waals surface area contributed by atoms with Crippen LogP contribution in [0.25, 0.3) is 0 Å². The topological polar surface area (TPSA) is 127 Å². The summed E-state index contributed by atoms with van der Waals surface area (Å²) in [5, 5.41) is 45.3. The van der Waals surface area contributed by atoms with Crippen molar-refractivity contribution in [2.24, 2.45) is 0 Å². The third-order valence-electron chi connectivity index (χ3n) is 2.06. The number of rotatable bonds is 8. The van der Waals surface area contributed by atoms with Gasteiger partial charge in [0.15, 0.2) is 6.29 Å². The van der Waals surface area contributed by atoms with Crippen molar-refractivity contribution in [3.05, 3.63) is 0 Å². The van der Waals surface area contributed by atoms with Gasteiger partial charge in [-0.3, -0.25) is 4.79 Å². The molecule has 0 saturated heterocycles. The van der Waals surface area contributed by atoms with Crippen molar-refractivity contribution in [3.8, 4) is 0 Å². The molecule has 7 heteroatoms. The lowest BCUT2D eigenvalue weighted by atomic mass is 10.1. The number of ether oxygens (including phenoxy) is 1. The minimum absolute atomic E-state index is 0.208. The zero-order chi connectivity index (χ0) is 12.7. The summed E-state index contributed by atoms with van der Waals surface area (Å²) in [5.41, 5.74) is 0. The van der Waals surface area contributed by atoms with E-state index in [0.717, 1.165) is 0 Å². The highest BCUT2D eigenvalue weighted by atomic mass is 16.6. The summed E-state index contributed by atoms with van der Waals surface area (Å²) in [7, 11) is 0. The summed E-state index contributed by atoms with van der Waals surface area (Å²) in [6, 6.07) is 0. The second-order valence-electron chi connectivity index (χ2n) is 3.36. The lowest BCUT2D eigenvalue weighted by Gasteiger charge is -2.25. The van der Waals surface area contributed by atoms with Crippen LogP contribution < -0.4 is 0 Å². The first-order valence-corrected chi connectivity index (χ1v) is 4.95. The van der Waals surface area contributed by atoms with Gasteiger partial charge in [-0.25, -0.2) is 0 Å². The van der Waals surface area contributed by atoms with Crippen LogP contribution in [0.1, 0.15) is 19.8 Å². The normalized spacial score (nSPS) is 18.8. The summed E-state index contributed by atoms with van der Waals surface area (Å²) in [6.07, 6.45) is -6.23. The van der Waals surface area contributed by atoms with Gasteiger partial charge in [0.1, 0.15) is 12.2 Å². The van der Waals surface area contributed by atoms with E-state index in [1.807, 2.05) is 0 Å². The molecule has 0 aliphatic heterocycles. The predicted molar refractivity (Wildman–Crippen MR) is 52.5 cm³/mol. The third kappa shape index (κ3) is 5.38. The minimum Gasteiger partial charge on any atom is -0.481 e. The molecule has 0 radical (unpaired) electrons. The van der Waals surface area contributed by atoms with E-state index in [-0.39, 0.29) is 19.4 Å². The number of hydrogen-bond acceptors (Lipinski definition) is 6. The van der Waals surface area contributed by atoms with E-state index in [1.54, 1.807) is 6.92 Å². The number of carboxylic acids is 1. The molecule has 0 aromatic heterocycles. The molecule has 0 aromatic rings. The van der Waals surface area contributed by atoms with Crippen LogP contribution in [-0.4, -0.2) is 62.7 Å². The number of carbonyl (C=O) groups is 1. The Morgan fingerprint density at radius 1 is 1.19 bits per heavy atom. The molecule has 1 unspecified atom stereocenters. The Labute approximate surface area is 92.9 Å². The molecule has 16 heavy (non-hydrogen) atoms. The number of aliphatic hydroxyl groups excluding tert-OH is 4. The maximum Gasteiger partial charge on any atom is 0.305 e. The van der Waals surface area contributed by atoms with E-state index in [2.05, 4.69) is 4.74 Å². The first-order valence-electron chi connectivity index (χ1n) is 4.95. The van der Waals surface area contributed by atoms with Gasteiger partial charge in [0, 0.05) is 0 Å². The van der Waals surface area contributed by atoms with Gasteiger partial charge in [0.2, 0.25) is 0 Å². The molecule has 5 N–H and O–H groups in total. The maximum atomic E-state index is 10.1. The fraction of sp³-hybridized carbons (Fsp3) is 0.889. The van der Waals surface area contributed by atoms with Crippen molar-refractivity contribution in [1.82, 2.24) is 0 Å². The molecule has 4 atom stereocenters. The molecule has 0 bridgehead atoms. The van der Waals surface area contributed by atoms with Gasteiger partial charge in [0.05, 0.1) is 19.1 Å². The van der Waals surface area contributed by atoms with Crippen LogP contribution >= 0.6 is 0 Å². The maximum absolute atomic E-state index is 10.1. The van der Waals surface area contributed by atoms with E-state index in [1.165, 1.54) is 0 Å². The van der Waals surface area contributed by atoms with E-state index < -0.39 is 30.6 Å². The molecule has 0 heterocycles. The first-order chi connectivity index (χ1) is 7.40. The molecule has 7 nitrogen and oxygen atoms in total. The largest absolute Gasteiger partial charge is 0.481 e. The van der Waals surface area contributed by atoms with Crippen LogP contribution in [0.5, 0.6) is 0 Å². The summed E-state index contributed by atoms with van der Waals surface area (Å²) in [5.74, 6) is -1.10. The number of carboxylic acid groups (broad SMARTS) is 1.